The first-order valence-electron chi connectivity index (χ1n) is 11.8. The Hall–Kier alpha value is -4.54. The van der Waals surface area contributed by atoms with Gasteiger partial charge in [0.15, 0.2) is 29.1 Å². The molecule has 2 heterocycles. The molecule has 1 atom stereocenters. The van der Waals surface area contributed by atoms with Crippen molar-refractivity contribution in [3.63, 3.8) is 0 Å². The Morgan fingerprint density at radius 2 is 1.78 bits per heavy atom. The maximum atomic E-state index is 12.4. The van der Waals surface area contributed by atoms with Gasteiger partial charge < -0.3 is 29.0 Å². The summed E-state index contributed by atoms with van der Waals surface area (Å²) in [5.41, 5.74) is 1.31. The standard InChI is InChI=1S/C26H29N5O6/c1-5-35-19-7-6-8-20(16-19)37-17(2)26(32)27-13-14-36-24-12-11-23-28-29-25(31(23)30-24)18-9-10-21(33-3)22(15-18)34-4/h6-12,15-17H,5,13-14H2,1-4H3,(H,27,32). The molecule has 4 aromatic rings. The maximum absolute atomic E-state index is 12.4. The van der Waals surface area contributed by atoms with E-state index in [1.165, 1.54) is 0 Å². The molecular weight excluding hydrogens is 478 g/mol. The van der Waals surface area contributed by atoms with Crippen LogP contribution in [0.15, 0.2) is 54.6 Å². The number of benzene rings is 2. The summed E-state index contributed by atoms with van der Waals surface area (Å²) >= 11 is 0. The van der Waals surface area contributed by atoms with Gasteiger partial charge in [-0.3, -0.25) is 4.79 Å². The number of nitrogens with zero attached hydrogens (tertiary/aromatic N) is 4. The lowest BCUT2D eigenvalue weighted by atomic mass is 10.2. The van der Waals surface area contributed by atoms with Crippen molar-refractivity contribution in [1.29, 1.82) is 0 Å². The molecule has 1 amide bonds. The van der Waals surface area contributed by atoms with E-state index in [1.807, 2.05) is 25.1 Å². The molecule has 0 saturated heterocycles. The normalized spacial score (nSPS) is 11.6. The predicted molar refractivity (Wildman–Crippen MR) is 136 cm³/mol. The second-order valence-electron chi connectivity index (χ2n) is 7.84. The van der Waals surface area contributed by atoms with Crippen molar-refractivity contribution in [2.24, 2.45) is 0 Å². The van der Waals surface area contributed by atoms with Gasteiger partial charge in [0.1, 0.15) is 18.1 Å². The topological polar surface area (TPSA) is 118 Å². The van der Waals surface area contributed by atoms with Crippen molar-refractivity contribution in [2.75, 3.05) is 34.0 Å². The Morgan fingerprint density at radius 3 is 2.57 bits per heavy atom. The average molecular weight is 508 g/mol. The van der Waals surface area contributed by atoms with Crippen molar-refractivity contribution >= 4 is 11.6 Å². The number of amides is 1. The zero-order valence-corrected chi connectivity index (χ0v) is 21.1. The van der Waals surface area contributed by atoms with Crippen LogP contribution in [0.3, 0.4) is 0 Å². The van der Waals surface area contributed by atoms with Gasteiger partial charge in [0.2, 0.25) is 5.88 Å². The number of nitrogens with one attached hydrogen (secondary N) is 1. The van der Waals surface area contributed by atoms with Gasteiger partial charge in [0.25, 0.3) is 5.91 Å². The van der Waals surface area contributed by atoms with E-state index in [0.29, 0.717) is 47.0 Å². The summed E-state index contributed by atoms with van der Waals surface area (Å²) in [7, 11) is 3.15. The van der Waals surface area contributed by atoms with Gasteiger partial charge in [-0.25, -0.2) is 0 Å². The minimum atomic E-state index is -0.688. The molecule has 2 aromatic heterocycles. The Bertz CT molecular complexity index is 1360. The van der Waals surface area contributed by atoms with E-state index in [4.69, 9.17) is 23.7 Å². The number of carbonyl (C=O) groups is 1. The highest BCUT2D eigenvalue weighted by molar-refractivity contribution is 5.80. The van der Waals surface area contributed by atoms with Crippen LogP contribution in [0.1, 0.15) is 13.8 Å². The fourth-order valence-electron chi connectivity index (χ4n) is 3.54. The minimum Gasteiger partial charge on any atom is -0.494 e. The molecule has 1 N–H and O–H groups in total. The summed E-state index contributed by atoms with van der Waals surface area (Å²) in [5.74, 6) is 3.05. The fourth-order valence-corrected chi connectivity index (χ4v) is 3.54. The number of hydrogen-bond donors (Lipinski definition) is 1. The summed E-state index contributed by atoms with van der Waals surface area (Å²) < 4.78 is 29.2. The number of ether oxygens (including phenoxy) is 5. The molecule has 1 unspecified atom stereocenters. The zero-order valence-electron chi connectivity index (χ0n) is 21.1. The number of aromatic nitrogens is 4. The van der Waals surface area contributed by atoms with E-state index < -0.39 is 6.10 Å². The van der Waals surface area contributed by atoms with Crippen molar-refractivity contribution < 1.29 is 28.5 Å². The molecule has 0 bridgehead atoms. The Labute approximate surface area is 214 Å². The summed E-state index contributed by atoms with van der Waals surface area (Å²) in [6, 6.07) is 16.1. The van der Waals surface area contributed by atoms with Gasteiger partial charge in [0.05, 0.1) is 27.4 Å². The Kier molecular flexibility index (Phi) is 8.24. The van der Waals surface area contributed by atoms with Crippen LogP contribution in [0.5, 0.6) is 28.9 Å². The molecule has 0 aliphatic rings. The quantitative estimate of drug-likeness (QED) is 0.288. The van der Waals surface area contributed by atoms with Gasteiger partial charge >= 0.3 is 0 Å². The molecule has 0 radical (unpaired) electrons. The molecule has 0 aliphatic carbocycles. The molecule has 0 spiro atoms. The number of carbonyl (C=O) groups excluding carboxylic acids is 1. The van der Waals surface area contributed by atoms with Crippen molar-refractivity contribution in [2.45, 2.75) is 20.0 Å². The fraction of sp³-hybridized carbons (Fsp3) is 0.308. The monoisotopic (exact) mass is 507 g/mol. The molecular formula is C26H29N5O6. The first kappa shape index (κ1) is 25.5. The van der Waals surface area contributed by atoms with Gasteiger partial charge in [-0.2, -0.15) is 4.52 Å². The van der Waals surface area contributed by atoms with Crippen molar-refractivity contribution in [1.82, 2.24) is 25.1 Å². The van der Waals surface area contributed by atoms with E-state index in [0.717, 1.165) is 5.56 Å². The minimum absolute atomic E-state index is 0.213. The maximum Gasteiger partial charge on any atom is 0.260 e. The third-order valence-electron chi connectivity index (χ3n) is 5.33. The molecule has 2 aromatic carbocycles. The van der Waals surface area contributed by atoms with Crippen LogP contribution in [0.4, 0.5) is 0 Å². The lowest BCUT2D eigenvalue weighted by Crippen LogP contribution is -2.38. The summed E-state index contributed by atoms with van der Waals surface area (Å²) in [4.78, 5) is 12.4. The van der Waals surface area contributed by atoms with Gasteiger partial charge in [-0.1, -0.05) is 6.07 Å². The summed E-state index contributed by atoms with van der Waals surface area (Å²) in [6.45, 7) is 4.63. The van der Waals surface area contributed by atoms with E-state index in [9.17, 15) is 4.79 Å². The van der Waals surface area contributed by atoms with Crippen LogP contribution in [-0.2, 0) is 4.79 Å². The highest BCUT2D eigenvalue weighted by Gasteiger charge is 2.16. The van der Waals surface area contributed by atoms with Crippen LogP contribution < -0.4 is 29.0 Å². The number of methoxy groups -OCH3 is 2. The van der Waals surface area contributed by atoms with Crippen LogP contribution in [0.25, 0.3) is 17.0 Å². The molecule has 0 fully saturated rings. The SMILES string of the molecule is CCOc1cccc(OC(C)C(=O)NCCOc2ccc3nnc(-c4ccc(OC)c(OC)c4)n3n2)c1. The Balaban J connectivity index is 1.33. The second kappa shape index (κ2) is 11.9. The van der Waals surface area contributed by atoms with Gasteiger partial charge in [-0.05, 0) is 50.2 Å². The van der Waals surface area contributed by atoms with Crippen LogP contribution in [0, 0.1) is 0 Å². The molecule has 194 valence electrons. The van der Waals surface area contributed by atoms with Crippen LogP contribution in [0.2, 0.25) is 0 Å². The first-order chi connectivity index (χ1) is 18.0. The lowest BCUT2D eigenvalue weighted by molar-refractivity contribution is -0.127. The molecule has 11 nitrogen and oxygen atoms in total. The molecule has 4 rings (SSSR count). The molecule has 0 aliphatic heterocycles. The molecule has 0 saturated carbocycles. The zero-order chi connectivity index (χ0) is 26.2. The van der Waals surface area contributed by atoms with Crippen LogP contribution >= 0.6 is 0 Å². The Morgan fingerprint density at radius 1 is 0.973 bits per heavy atom. The highest BCUT2D eigenvalue weighted by Crippen LogP contribution is 2.31. The molecule has 11 heteroatoms. The van der Waals surface area contributed by atoms with Gasteiger partial charge in [0, 0.05) is 17.7 Å². The third-order valence-corrected chi connectivity index (χ3v) is 5.33. The van der Waals surface area contributed by atoms with Crippen molar-refractivity contribution in [3.8, 4) is 40.3 Å². The van der Waals surface area contributed by atoms with E-state index >= 15 is 0 Å². The second-order valence-corrected chi connectivity index (χ2v) is 7.84. The first-order valence-corrected chi connectivity index (χ1v) is 11.8. The summed E-state index contributed by atoms with van der Waals surface area (Å²) in [6.07, 6.45) is -0.688. The van der Waals surface area contributed by atoms with E-state index in [-0.39, 0.29) is 19.1 Å². The van der Waals surface area contributed by atoms with Gasteiger partial charge in [-0.15, -0.1) is 15.3 Å². The number of hydrogen-bond acceptors (Lipinski definition) is 9. The summed E-state index contributed by atoms with van der Waals surface area (Å²) in [5, 5.41) is 15.7. The predicted octanol–water partition coefficient (Wildman–Crippen LogP) is 3.17. The molecule has 37 heavy (non-hydrogen) atoms. The average Bonchev–Trinajstić information content (AvgIpc) is 3.34. The highest BCUT2D eigenvalue weighted by atomic mass is 16.5. The number of fused-ring (bicyclic) bond motifs is 1. The lowest BCUT2D eigenvalue weighted by Gasteiger charge is -2.15. The van der Waals surface area contributed by atoms with E-state index in [1.54, 1.807) is 62.1 Å². The van der Waals surface area contributed by atoms with E-state index in [2.05, 4.69) is 20.6 Å². The largest absolute Gasteiger partial charge is 0.494 e. The van der Waals surface area contributed by atoms with Crippen molar-refractivity contribution in [3.05, 3.63) is 54.6 Å². The smallest absolute Gasteiger partial charge is 0.260 e. The van der Waals surface area contributed by atoms with Crippen LogP contribution in [-0.4, -0.2) is 65.8 Å². The number of rotatable bonds is 12. The third kappa shape index (κ3) is 6.18.